The molecule has 0 saturated carbocycles. The zero-order chi connectivity index (χ0) is 5.98. The van der Waals surface area contributed by atoms with Crippen LogP contribution in [0.15, 0.2) is 11.1 Å². The van der Waals surface area contributed by atoms with Gasteiger partial charge in [0.2, 0.25) is 6.33 Å². The number of nitrogens with zero attached hydrogens (tertiary/aromatic N) is 1. The summed E-state index contributed by atoms with van der Waals surface area (Å²) >= 11 is 0. The minimum absolute atomic E-state index is 0.119. The van der Waals surface area contributed by atoms with Gasteiger partial charge >= 0.3 is 11.6 Å². The lowest BCUT2D eigenvalue weighted by molar-refractivity contribution is -0.406. The van der Waals surface area contributed by atoms with Crippen LogP contribution in [0.5, 0.6) is 0 Å². The second-order valence-corrected chi connectivity index (χ2v) is 1.24. The monoisotopic (exact) mass is 113 g/mol. The lowest BCUT2D eigenvalue weighted by Gasteiger charge is -1.74. The molecule has 0 atom stereocenters. The number of aromatic amines is 2. The Labute approximate surface area is 44.6 Å². The fourth-order valence-electron chi connectivity index (χ4n) is 0.345. The van der Waals surface area contributed by atoms with Gasteiger partial charge < -0.3 is 5.73 Å². The minimum atomic E-state index is -0.350. The van der Waals surface area contributed by atoms with Crippen molar-refractivity contribution in [1.82, 2.24) is 9.97 Å². The van der Waals surface area contributed by atoms with Crippen molar-refractivity contribution in [2.75, 3.05) is 5.73 Å². The minimum Gasteiger partial charge on any atom is -0.342 e. The van der Waals surface area contributed by atoms with Crippen LogP contribution < -0.4 is 16.4 Å². The quantitative estimate of drug-likeness (QED) is 0.414. The first kappa shape index (κ1) is 4.76. The normalized spacial score (nSPS) is 9.00. The third kappa shape index (κ3) is 0.810. The highest BCUT2D eigenvalue weighted by Crippen LogP contribution is 1.71. The van der Waals surface area contributed by atoms with Crippen molar-refractivity contribution in [3.63, 3.8) is 0 Å². The van der Waals surface area contributed by atoms with Crippen LogP contribution in [0.3, 0.4) is 0 Å². The van der Waals surface area contributed by atoms with E-state index in [2.05, 4.69) is 15.0 Å². The maximum absolute atomic E-state index is 10.3. The van der Waals surface area contributed by atoms with E-state index in [4.69, 9.17) is 5.73 Å². The summed E-state index contributed by atoms with van der Waals surface area (Å²) in [7, 11) is 0. The molecule has 0 aliphatic carbocycles. The Kier molecular flexibility index (Phi) is 0.957. The maximum atomic E-state index is 10.3. The van der Waals surface area contributed by atoms with Crippen LogP contribution in [0.2, 0.25) is 0 Å². The van der Waals surface area contributed by atoms with E-state index in [0.717, 1.165) is 0 Å². The standard InChI is InChI=1S/C3H4N4O/c4-2-5-1-6-3(8)7-2/h1H,(H3,4,5,6,7,8)/p+1. The maximum Gasteiger partial charge on any atom is 0.442 e. The molecule has 42 valence electrons. The molecule has 0 spiro atoms. The Morgan fingerprint density at radius 1 is 1.88 bits per heavy atom. The molecule has 0 aromatic carbocycles. The van der Waals surface area contributed by atoms with Crippen molar-refractivity contribution < 1.29 is 4.98 Å². The van der Waals surface area contributed by atoms with Gasteiger partial charge in [0.05, 0.1) is 0 Å². The zero-order valence-corrected chi connectivity index (χ0v) is 4.01. The number of hydrogen-bond donors (Lipinski definition) is 2. The van der Waals surface area contributed by atoms with Gasteiger partial charge in [-0.1, -0.05) is 4.98 Å². The average molecular weight is 113 g/mol. The lowest BCUT2D eigenvalue weighted by Crippen LogP contribution is -2.30. The molecule has 5 nitrogen and oxygen atoms in total. The van der Waals surface area contributed by atoms with Crippen LogP contribution in [-0.4, -0.2) is 9.97 Å². The first-order valence-electron chi connectivity index (χ1n) is 2.01. The topological polar surface area (TPSA) is 85.9 Å². The molecule has 0 bridgehead atoms. The van der Waals surface area contributed by atoms with E-state index in [-0.39, 0.29) is 11.6 Å². The second-order valence-electron chi connectivity index (χ2n) is 1.24. The highest BCUT2D eigenvalue weighted by atomic mass is 16.1. The Bertz CT molecular complexity index is 229. The molecule has 8 heavy (non-hydrogen) atoms. The second kappa shape index (κ2) is 1.61. The van der Waals surface area contributed by atoms with E-state index in [9.17, 15) is 4.79 Å². The Balaban J connectivity index is 3.28. The fourth-order valence-corrected chi connectivity index (χ4v) is 0.345. The van der Waals surface area contributed by atoms with Gasteiger partial charge in [0.15, 0.2) is 0 Å². The van der Waals surface area contributed by atoms with Crippen molar-refractivity contribution >= 4 is 5.95 Å². The Morgan fingerprint density at radius 3 is 3.00 bits per heavy atom. The fraction of sp³-hybridized carbons (Fsp3) is 0. The number of anilines is 1. The summed E-state index contributed by atoms with van der Waals surface area (Å²) in [5.74, 6) is 0.119. The van der Waals surface area contributed by atoms with Crippen molar-refractivity contribution in [3.05, 3.63) is 16.8 Å². The van der Waals surface area contributed by atoms with Gasteiger partial charge in [-0.15, -0.1) is 0 Å². The van der Waals surface area contributed by atoms with Crippen molar-refractivity contribution in [2.24, 2.45) is 0 Å². The molecule has 0 aliphatic rings. The van der Waals surface area contributed by atoms with E-state index in [1.807, 2.05) is 0 Å². The molecule has 1 aromatic rings. The van der Waals surface area contributed by atoms with Gasteiger partial charge in [0.25, 0.3) is 0 Å². The van der Waals surface area contributed by atoms with Crippen molar-refractivity contribution in [1.29, 1.82) is 0 Å². The van der Waals surface area contributed by atoms with Crippen LogP contribution in [0.25, 0.3) is 0 Å². The van der Waals surface area contributed by atoms with E-state index in [1.165, 1.54) is 6.33 Å². The molecule has 0 unspecified atom stereocenters. The van der Waals surface area contributed by atoms with Gasteiger partial charge in [0, 0.05) is 0 Å². The summed E-state index contributed by atoms with van der Waals surface area (Å²) in [6.45, 7) is 0. The summed E-state index contributed by atoms with van der Waals surface area (Å²) in [6, 6.07) is 0. The lowest BCUT2D eigenvalue weighted by atomic mass is 11.0. The van der Waals surface area contributed by atoms with Crippen LogP contribution in [0, 0.1) is 0 Å². The van der Waals surface area contributed by atoms with E-state index in [1.54, 1.807) is 0 Å². The molecule has 0 fully saturated rings. The van der Waals surface area contributed by atoms with Gasteiger partial charge in [-0.05, 0) is 0 Å². The number of H-pyrrole nitrogens is 2. The molecule has 1 rings (SSSR count). The predicted molar refractivity (Wildman–Crippen MR) is 25.8 cm³/mol. The van der Waals surface area contributed by atoms with Crippen LogP contribution in [0.4, 0.5) is 5.95 Å². The summed E-state index contributed by atoms with van der Waals surface area (Å²) in [6.07, 6.45) is 1.23. The largest absolute Gasteiger partial charge is 0.442 e. The first-order valence-corrected chi connectivity index (χ1v) is 2.01. The van der Waals surface area contributed by atoms with E-state index < -0.39 is 0 Å². The molecule has 4 N–H and O–H groups in total. The molecular weight excluding hydrogens is 108 g/mol. The highest BCUT2D eigenvalue weighted by Gasteiger charge is 1.91. The van der Waals surface area contributed by atoms with E-state index >= 15 is 0 Å². The van der Waals surface area contributed by atoms with Crippen molar-refractivity contribution in [2.45, 2.75) is 0 Å². The van der Waals surface area contributed by atoms with Gasteiger partial charge in [-0.3, -0.25) is 0 Å². The molecule has 1 aromatic heterocycles. The zero-order valence-electron chi connectivity index (χ0n) is 4.01. The molecular formula is C3H5N4O+. The summed E-state index contributed by atoms with van der Waals surface area (Å²) < 4.78 is 0. The molecule has 0 saturated heterocycles. The smallest absolute Gasteiger partial charge is 0.342 e. The number of nitrogens with two attached hydrogens (primary N) is 1. The summed E-state index contributed by atoms with van der Waals surface area (Å²) in [5.41, 5.74) is 4.72. The molecule has 0 aliphatic heterocycles. The summed E-state index contributed by atoms with van der Waals surface area (Å²) in [4.78, 5) is 18.3. The third-order valence-corrected chi connectivity index (χ3v) is 0.641. The molecule has 5 heteroatoms. The van der Waals surface area contributed by atoms with Crippen LogP contribution in [-0.2, 0) is 0 Å². The average Bonchev–Trinajstić information content (AvgIpc) is 1.64. The Morgan fingerprint density at radius 2 is 2.62 bits per heavy atom. The SMILES string of the molecule is Nc1nc[nH+]c(=O)[nH]1. The molecule has 0 radical (unpaired) electrons. The first-order chi connectivity index (χ1) is 3.79. The highest BCUT2D eigenvalue weighted by molar-refractivity contribution is 5.07. The number of nitrogen functional groups attached to an aromatic ring is 1. The van der Waals surface area contributed by atoms with Gasteiger partial charge in [0.1, 0.15) is 0 Å². The molecule has 0 amide bonds. The summed E-state index contributed by atoms with van der Waals surface area (Å²) in [5, 5.41) is 0. The van der Waals surface area contributed by atoms with Gasteiger partial charge in [-0.25, -0.2) is 9.78 Å². The third-order valence-electron chi connectivity index (χ3n) is 0.641. The molecule has 1 heterocycles. The Hall–Kier alpha value is -1.39. The van der Waals surface area contributed by atoms with Crippen molar-refractivity contribution in [3.8, 4) is 0 Å². The van der Waals surface area contributed by atoms with Crippen LogP contribution >= 0.6 is 0 Å². The number of hydrogen-bond acceptors (Lipinski definition) is 3. The number of nitrogens with one attached hydrogen (secondary N) is 2. The van der Waals surface area contributed by atoms with Gasteiger partial charge in [-0.2, -0.15) is 4.98 Å². The predicted octanol–water partition coefficient (Wildman–Crippen LogP) is -1.83. The number of aromatic nitrogens is 3. The number of rotatable bonds is 0. The van der Waals surface area contributed by atoms with E-state index in [0.29, 0.717) is 0 Å². The van der Waals surface area contributed by atoms with Crippen LogP contribution in [0.1, 0.15) is 0 Å².